The van der Waals surface area contributed by atoms with Gasteiger partial charge in [-0.2, -0.15) is 0 Å². The van der Waals surface area contributed by atoms with Crippen LogP contribution in [0.25, 0.3) is 0 Å². The molecule has 170 valence electrons. The van der Waals surface area contributed by atoms with E-state index < -0.39 is 0 Å². The Labute approximate surface area is 177 Å². The van der Waals surface area contributed by atoms with E-state index in [1.165, 1.54) is 83.5 Å². The van der Waals surface area contributed by atoms with Crippen LogP contribution in [0, 0.1) is 5.92 Å². The number of aliphatic hydroxyl groups excluding tert-OH is 1. The van der Waals surface area contributed by atoms with Gasteiger partial charge >= 0.3 is 0 Å². The zero-order valence-corrected chi connectivity index (χ0v) is 19.6. The van der Waals surface area contributed by atoms with E-state index >= 15 is 0 Å². The number of ether oxygens (including phenoxy) is 2. The average molecular weight is 401 g/mol. The van der Waals surface area contributed by atoms with Crippen molar-refractivity contribution < 1.29 is 14.6 Å². The summed E-state index contributed by atoms with van der Waals surface area (Å²) in [5, 5.41) is 9.26. The number of unbranched alkanes of at least 4 members (excludes halogenated alkanes) is 13. The van der Waals surface area contributed by atoms with Crippen LogP contribution in [0.15, 0.2) is 0 Å². The van der Waals surface area contributed by atoms with Gasteiger partial charge in [0.15, 0.2) is 0 Å². The Balaban J connectivity index is 3.15. The van der Waals surface area contributed by atoms with E-state index in [0.717, 1.165) is 38.4 Å². The van der Waals surface area contributed by atoms with E-state index in [1.807, 2.05) is 0 Å². The molecule has 1 unspecified atom stereocenters. The Morgan fingerprint density at radius 1 is 0.643 bits per heavy atom. The summed E-state index contributed by atoms with van der Waals surface area (Å²) < 4.78 is 11.2. The van der Waals surface area contributed by atoms with Gasteiger partial charge in [-0.15, -0.1) is 0 Å². The zero-order valence-electron chi connectivity index (χ0n) is 19.6. The predicted octanol–water partition coefficient (Wildman–Crippen LogP) is 7.30. The summed E-state index contributed by atoms with van der Waals surface area (Å²) in [7, 11) is 0. The average Bonchev–Trinajstić information content (AvgIpc) is 2.68. The molecular formula is C25H52O3. The van der Waals surface area contributed by atoms with Crippen molar-refractivity contribution in [1.29, 1.82) is 0 Å². The van der Waals surface area contributed by atoms with Crippen molar-refractivity contribution in [2.75, 3.05) is 26.4 Å². The molecule has 0 aliphatic heterocycles. The largest absolute Gasteiger partial charge is 0.394 e. The van der Waals surface area contributed by atoms with Gasteiger partial charge in [0, 0.05) is 13.2 Å². The SMILES string of the molecule is CCCCOC(CO)COCCCCCCCCCCCCCCCC(C)C. The minimum atomic E-state index is -0.147. The summed E-state index contributed by atoms with van der Waals surface area (Å²) in [6.07, 6.45) is 21.4. The first-order chi connectivity index (χ1) is 13.7. The van der Waals surface area contributed by atoms with E-state index in [2.05, 4.69) is 20.8 Å². The fourth-order valence-electron chi connectivity index (χ4n) is 3.46. The van der Waals surface area contributed by atoms with Crippen molar-refractivity contribution in [3.05, 3.63) is 0 Å². The lowest BCUT2D eigenvalue weighted by Gasteiger charge is -2.15. The lowest BCUT2D eigenvalue weighted by atomic mass is 10.0. The van der Waals surface area contributed by atoms with Crippen molar-refractivity contribution in [2.45, 2.75) is 130 Å². The van der Waals surface area contributed by atoms with E-state index in [4.69, 9.17) is 9.47 Å². The maximum atomic E-state index is 9.26. The van der Waals surface area contributed by atoms with Gasteiger partial charge in [-0.1, -0.05) is 111 Å². The highest BCUT2D eigenvalue weighted by atomic mass is 16.5. The first-order valence-electron chi connectivity index (χ1n) is 12.5. The molecule has 0 aromatic carbocycles. The molecule has 0 aliphatic rings. The first kappa shape index (κ1) is 27.9. The fraction of sp³-hybridized carbons (Fsp3) is 1.00. The third kappa shape index (κ3) is 22.2. The summed E-state index contributed by atoms with van der Waals surface area (Å²) in [5.74, 6) is 0.876. The summed E-state index contributed by atoms with van der Waals surface area (Å²) >= 11 is 0. The summed E-state index contributed by atoms with van der Waals surface area (Å²) in [5.41, 5.74) is 0. The zero-order chi connectivity index (χ0) is 20.7. The minimum Gasteiger partial charge on any atom is -0.394 e. The van der Waals surface area contributed by atoms with Crippen LogP contribution >= 0.6 is 0 Å². The van der Waals surface area contributed by atoms with Gasteiger partial charge in [0.2, 0.25) is 0 Å². The van der Waals surface area contributed by atoms with Gasteiger partial charge in [-0.05, 0) is 18.8 Å². The van der Waals surface area contributed by atoms with Crippen molar-refractivity contribution >= 4 is 0 Å². The molecule has 0 amide bonds. The van der Waals surface area contributed by atoms with Crippen molar-refractivity contribution in [1.82, 2.24) is 0 Å². The van der Waals surface area contributed by atoms with E-state index in [-0.39, 0.29) is 12.7 Å². The van der Waals surface area contributed by atoms with Crippen molar-refractivity contribution in [3.63, 3.8) is 0 Å². The van der Waals surface area contributed by atoms with Gasteiger partial charge in [-0.3, -0.25) is 0 Å². The first-order valence-corrected chi connectivity index (χ1v) is 12.5. The molecular weight excluding hydrogens is 348 g/mol. The van der Waals surface area contributed by atoms with Crippen LogP contribution in [0.2, 0.25) is 0 Å². The Bertz CT molecular complexity index is 281. The van der Waals surface area contributed by atoms with Crippen LogP contribution in [-0.4, -0.2) is 37.6 Å². The molecule has 0 spiro atoms. The Hall–Kier alpha value is -0.120. The molecule has 0 rings (SSSR count). The molecule has 0 bridgehead atoms. The van der Waals surface area contributed by atoms with Gasteiger partial charge in [-0.25, -0.2) is 0 Å². The number of hydrogen-bond acceptors (Lipinski definition) is 3. The van der Waals surface area contributed by atoms with Crippen LogP contribution in [0.4, 0.5) is 0 Å². The maximum absolute atomic E-state index is 9.26. The molecule has 28 heavy (non-hydrogen) atoms. The maximum Gasteiger partial charge on any atom is 0.104 e. The molecule has 3 heteroatoms. The second-order valence-electron chi connectivity index (χ2n) is 8.88. The lowest BCUT2D eigenvalue weighted by molar-refractivity contribution is -0.0434. The number of rotatable bonds is 23. The Morgan fingerprint density at radius 3 is 1.61 bits per heavy atom. The summed E-state index contributed by atoms with van der Waals surface area (Å²) in [6.45, 7) is 8.90. The van der Waals surface area contributed by atoms with E-state index in [0.29, 0.717) is 6.61 Å². The molecule has 0 fully saturated rings. The molecule has 0 heterocycles. The van der Waals surface area contributed by atoms with Gasteiger partial charge < -0.3 is 14.6 Å². The molecule has 0 aliphatic carbocycles. The Morgan fingerprint density at radius 2 is 1.14 bits per heavy atom. The third-order valence-corrected chi connectivity index (χ3v) is 5.43. The molecule has 3 nitrogen and oxygen atoms in total. The molecule has 1 N–H and O–H groups in total. The second-order valence-corrected chi connectivity index (χ2v) is 8.88. The topological polar surface area (TPSA) is 38.7 Å². The molecule has 0 saturated carbocycles. The van der Waals surface area contributed by atoms with Crippen molar-refractivity contribution in [3.8, 4) is 0 Å². The highest BCUT2D eigenvalue weighted by Gasteiger charge is 2.07. The van der Waals surface area contributed by atoms with Gasteiger partial charge in [0.25, 0.3) is 0 Å². The van der Waals surface area contributed by atoms with Crippen molar-refractivity contribution in [2.24, 2.45) is 5.92 Å². The summed E-state index contributed by atoms with van der Waals surface area (Å²) in [6, 6.07) is 0. The molecule has 0 radical (unpaired) electrons. The van der Waals surface area contributed by atoms with Crippen LogP contribution < -0.4 is 0 Å². The Kier molecular flexibility index (Phi) is 23.1. The molecule has 0 saturated heterocycles. The highest BCUT2D eigenvalue weighted by molar-refractivity contribution is 4.54. The molecule has 1 atom stereocenters. The van der Waals surface area contributed by atoms with E-state index in [9.17, 15) is 5.11 Å². The smallest absolute Gasteiger partial charge is 0.104 e. The third-order valence-electron chi connectivity index (χ3n) is 5.43. The molecule has 0 aromatic heterocycles. The summed E-state index contributed by atoms with van der Waals surface area (Å²) in [4.78, 5) is 0. The molecule has 0 aromatic rings. The number of hydrogen-bond donors (Lipinski definition) is 1. The monoisotopic (exact) mass is 400 g/mol. The predicted molar refractivity (Wildman–Crippen MR) is 122 cm³/mol. The second kappa shape index (κ2) is 23.2. The minimum absolute atomic E-state index is 0.0574. The van der Waals surface area contributed by atoms with E-state index in [1.54, 1.807) is 0 Å². The van der Waals surface area contributed by atoms with Crippen LogP contribution in [0.3, 0.4) is 0 Å². The number of aliphatic hydroxyl groups is 1. The highest BCUT2D eigenvalue weighted by Crippen LogP contribution is 2.14. The van der Waals surface area contributed by atoms with Crippen LogP contribution in [0.1, 0.15) is 124 Å². The van der Waals surface area contributed by atoms with Gasteiger partial charge in [0.1, 0.15) is 6.10 Å². The van der Waals surface area contributed by atoms with Crippen LogP contribution in [-0.2, 0) is 9.47 Å². The quantitative estimate of drug-likeness (QED) is 0.183. The lowest BCUT2D eigenvalue weighted by Crippen LogP contribution is -2.24. The normalized spacial score (nSPS) is 12.8. The standard InChI is InChI=1S/C25H52O3/c1-4-5-21-28-25(22-26)23-27-20-18-16-14-12-10-8-6-7-9-11-13-15-17-19-24(2)3/h24-26H,4-23H2,1-3H3. The fourth-order valence-corrected chi connectivity index (χ4v) is 3.46. The van der Waals surface area contributed by atoms with Gasteiger partial charge in [0.05, 0.1) is 13.2 Å². The van der Waals surface area contributed by atoms with Crippen LogP contribution in [0.5, 0.6) is 0 Å².